The van der Waals surface area contributed by atoms with Crippen LogP contribution in [0.15, 0.2) is 36.4 Å². The Hall–Kier alpha value is -1.09. The van der Waals surface area contributed by atoms with Crippen molar-refractivity contribution in [2.24, 2.45) is 0 Å². The van der Waals surface area contributed by atoms with E-state index in [9.17, 15) is 4.39 Å². The van der Waals surface area contributed by atoms with Gasteiger partial charge in [0.2, 0.25) is 0 Å². The lowest BCUT2D eigenvalue weighted by Gasteiger charge is -2.09. The van der Waals surface area contributed by atoms with E-state index < -0.39 is 5.82 Å². The first-order chi connectivity index (χ1) is 9.11. The molecule has 0 amide bonds. The van der Waals surface area contributed by atoms with Crippen LogP contribution in [0, 0.1) is 5.82 Å². The Morgan fingerprint density at radius 1 is 1.00 bits per heavy atom. The zero-order valence-electron chi connectivity index (χ0n) is 10.5. The van der Waals surface area contributed by atoms with E-state index in [1.807, 2.05) is 25.1 Å². The van der Waals surface area contributed by atoms with Gasteiger partial charge < -0.3 is 5.32 Å². The van der Waals surface area contributed by atoms with E-state index in [0.717, 1.165) is 28.3 Å². The van der Waals surface area contributed by atoms with Crippen LogP contribution in [0.1, 0.15) is 12.5 Å². The molecule has 2 aromatic carbocycles. The molecule has 0 atom stereocenters. The van der Waals surface area contributed by atoms with Gasteiger partial charge in [0.25, 0.3) is 0 Å². The first-order valence-corrected chi connectivity index (χ1v) is 6.82. The van der Waals surface area contributed by atoms with Crippen LogP contribution in [0.25, 0.3) is 11.1 Å². The molecule has 0 heterocycles. The molecule has 2 rings (SSSR count). The predicted molar refractivity (Wildman–Crippen MR) is 79.2 cm³/mol. The van der Waals surface area contributed by atoms with Crippen LogP contribution in [0.2, 0.25) is 10.0 Å². The molecule has 0 unspecified atom stereocenters. The molecule has 0 fully saturated rings. The van der Waals surface area contributed by atoms with Crippen molar-refractivity contribution in [1.29, 1.82) is 0 Å². The highest BCUT2D eigenvalue weighted by Gasteiger charge is 2.06. The first kappa shape index (κ1) is 14.3. The Morgan fingerprint density at radius 2 is 1.68 bits per heavy atom. The van der Waals surface area contributed by atoms with Gasteiger partial charge >= 0.3 is 0 Å². The van der Waals surface area contributed by atoms with Gasteiger partial charge in [-0.2, -0.15) is 0 Å². The average Bonchev–Trinajstić information content (AvgIpc) is 2.41. The lowest BCUT2D eigenvalue weighted by atomic mass is 10.0. The molecule has 0 radical (unpaired) electrons. The minimum atomic E-state index is -0.410. The second kappa shape index (κ2) is 6.38. The summed E-state index contributed by atoms with van der Waals surface area (Å²) in [7, 11) is 0. The van der Waals surface area contributed by atoms with Gasteiger partial charge in [0.15, 0.2) is 0 Å². The van der Waals surface area contributed by atoms with Crippen molar-refractivity contribution < 1.29 is 4.39 Å². The maximum atomic E-state index is 13.2. The molecule has 4 heteroatoms. The standard InChI is InChI=1S/C15H14Cl2FN/c1-2-19-9-12-7-10(3-5-13(12)16)11-4-6-15(18)14(17)8-11/h3-8,19H,2,9H2,1H3. The summed E-state index contributed by atoms with van der Waals surface area (Å²) in [6.45, 7) is 3.62. The van der Waals surface area contributed by atoms with Gasteiger partial charge in [-0.15, -0.1) is 0 Å². The van der Waals surface area contributed by atoms with Crippen molar-refractivity contribution >= 4 is 23.2 Å². The average molecular weight is 298 g/mol. The van der Waals surface area contributed by atoms with Crippen LogP contribution in [0.5, 0.6) is 0 Å². The van der Waals surface area contributed by atoms with E-state index in [-0.39, 0.29) is 5.02 Å². The number of halogens is 3. The highest BCUT2D eigenvalue weighted by molar-refractivity contribution is 6.31. The Morgan fingerprint density at radius 3 is 2.37 bits per heavy atom. The van der Waals surface area contributed by atoms with E-state index in [1.165, 1.54) is 6.07 Å². The summed E-state index contributed by atoms with van der Waals surface area (Å²) in [6, 6.07) is 10.5. The van der Waals surface area contributed by atoms with Crippen LogP contribution in [-0.4, -0.2) is 6.54 Å². The summed E-state index contributed by atoms with van der Waals surface area (Å²) in [5.74, 6) is -0.410. The summed E-state index contributed by atoms with van der Waals surface area (Å²) in [4.78, 5) is 0. The van der Waals surface area contributed by atoms with Crippen molar-refractivity contribution in [2.75, 3.05) is 6.54 Å². The zero-order valence-corrected chi connectivity index (χ0v) is 12.0. The molecule has 0 spiro atoms. The van der Waals surface area contributed by atoms with Gasteiger partial charge in [-0.25, -0.2) is 4.39 Å². The summed E-state index contributed by atoms with van der Waals surface area (Å²) in [5, 5.41) is 4.08. The molecule has 0 bridgehead atoms. The fourth-order valence-electron chi connectivity index (χ4n) is 1.83. The van der Waals surface area contributed by atoms with Crippen LogP contribution in [-0.2, 0) is 6.54 Å². The second-order valence-corrected chi connectivity index (χ2v) is 5.03. The highest BCUT2D eigenvalue weighted by atomic mass is 35.5. The first-order valence-electron chi connectivity index (χ1n) is 6.06. The molecule has 0 aliphatic rings. The topological polar surface area (TPSA) is 12.0 Å². The van der Waals surface area contributed by atoms with Crippen molar-refractivity contribution in [3.8, 4) is 11.1 Å². The number of hydrogen-bond donors (Lipinski definition) is 1. The minimum Gasteiger partial charge on any atom is -0.313 e. The molecule has 0 saturated heterocycles. The van der Waals surface area contributed by atoms with Crippen LogP contribution >= 0.6 is 23.2 Å². The largest absolute Gasteiger partial charge is 0.313 e. The third-order valence-corrected chi connectivity index (χ3v) is 3.52. The molecule has 2 aromatic rings. The molecular weight excluding hydrogens is 284 g/mol. The quantitative estimate of drug-likeness (QED) is 0.845. The van der Waals surface area contributed by atoms with Crippen molar-refractivity contribution in [3.05, 3.63) is 57.8 Å². The van der Waals surface area contributed by atoms with Crippen LogP contribution in [0.4, 0.5) is 4.39 Å². The Balaban J connectivity index is 2.36. The van der Waals surface area contributed by atoms with Crippen molar-refractivity contribution in [1.82, 2.24) is 5.32 Å². The van der Waals surface area contributed by atoms with Crippen molar-refractivity contribution in [3.63, 3.8) is 0 Å². The summed E-state index contributed by atoms with van der Waals surface area (Å²) < 4.78 is 13.2. The molecule has 1 nitrogen and oxygen atoms in total. The van der Waals surface area contributed by atoms with E-state index in [4.69, 9.17) is 23.2 Å². The second-order valence-electron chi connectivity index (χ2n) is 4.22. The minimum absolute atomic E-state index is 0.126. The lowest BCUT2D eigenvalue weighted by molar-refractivity contribution is 0.628. The molecule has 100 valence electrons. The number of benzene rings is 2. The molecular formula is C15H14Cl2FN. The fourth-order valence-corrected chi connectivity index (χ4v) is 2.19. The molecule has 0 aromatic heterocycles. The van der Waals surface area contributed by atoms with E-state index >= 15 is 0 Å². The Kier molecular flexibility index (Phi) is 4.81. The summed E-state index contributed by atoms with van der Waals surface area (Å²) in [5.41, 5.74) is 2.86. The normalized spacial score (nSPS) is 10.7. The van der Waals surface area contributed by atoms with Gasteiger partial charge in [-0.3, -0.25) is 0 Å². The third-order valence-electron chi connectivity index (χ3n) is 2.86. The maximum Gasteiger partial charge on any atom is 0.141 e. The van der Waals surface area contributed by atoms with E-state index in [0.29, 0.717) is 6.54 Å². The molecule has 19 heavy (non-hydrogen) atoms. The van der Waals surface area contributed by atoms with Crippen molar-refractivity contribution in [2.45, 2.75) is 13.5 Å². The lowest BCUT2D eigenvalue weighted by Crippen LogP contribution is -2.12. The molecule has 0 aliphatic carbocycles. The van der Waals surface area contributed by atoms with Crippen LogP contribution < -0.4 is 5.32 Å². The molecule has 1 N–H and O–H groups in total. The van der Waals surface area contributed by atoms with Crippen LogP contribution in [0.3, 0.4) is 0 Å². The van der Waals surface area contributed by atoms with Gasteiger partial charge in [-0.05, 0) is 47.5 Å². The van der Waals surface area contributed by atoms with Gasteiger partial charge in [0.05, 0.1) is 5.02 Å². The van der Waals surface area contributed by atoms with Gasteiger partial charge in [0.1, 0.15) is 5.82 Å². The smallest absolute Gasteiger partial charge is 0.141 e. The number of nitrogens with one attached hydrogen (secondary N) is 1. The predicted octanol–water partition coefficient (Wildman–Crippen LogP) is 4.91. The summed E-state index contributed by atoms with van der Waals surface area (Å²) >= 11 is 12.0. The Bertz CT molecular complexity index is 584. The van der Waals surface area contributed by atoms with Gasteiger partial charge in [0, 0.05) is 11.6 Å². The fraction of sp³-hybridized carbons (Fsp3) is 0.200. The Labute approximate surface area is 122 Å². The third kappa shape index (κ3) is 3.47. The van der Waals surface area contributed by atoms with Gasteiger partial charge in [-0.1, -0.05) is 42.3 Å². The number of rotatable bonds is 4. The van der Waals surface area contributed by atoms with E-state index in [1.54, 1.807) is 12.1 Å². The zero-order chi connectivity index (χ0) is 13.8. The molecule has 0 saturated carbocycles. The SMILES string of the molecule is CCNCc1cc(-c2ccc(F)c(Cl)c2)ccc1Cl. The maximum absolute atomic E-state index is 13.2. The number of hydrogen-bond acceptors (Lipinski definition) is 1. The monoisotopic (exact) mass is 297 g/mol. The summed E-state index contributed by atoms with van der Waals surface area (Å²) in [6.07, 6.45) is 0. The molecule has 0 aliphatic heterocycles. The van der Waals surface area contributed by atoms with E-state index in [2.05, 4.69) is 5.32 Å². The highest BCUT2D eigenvalue weighted by Crippen LogP contribution is 2.28.